The molecule has 0 aliphatic rings. The number of rotatable bonds is 0. The van der Waals surface area contributed by atoms with Crippen LogP contribution in [0.5, 0.6) is 5.06 Å². The fourth-order valence-corrected chi connectivity index (χ4v) is 2.99. The first-order valence-corrected chi connectivity index (χ1v) is 4.58. The molecular formula is C7H6OS2. The number of thiophene rings is 2. The predicted molar refractivity (Wildman–Crippen MR) is 46.1 cm³/mol. The average molecular weight is 170 g/mol. The van der Waals surface area contributed by atoms with Crippen molar-refractivity contribution >= 4 is 32.1 Å². The fourth-order valence-electron chi connectivity index (χ4n) is 0.944. The van der Waals surface area contributed by atoms with Gasteiger partial charge in [-0.1, -0.05) is 11.3 Å². The molecule has 0 unspecified atom stereocenters. The van der Waals surface area contributed by atoms with Crippen molar-refractivity contribution in [2.45, 2.75) is 6.92 Å². The standard InChI is InChI=1S/C7H6OS2/c1-4-2-5-6(9-4)3-7(8)10-5/h2-3,8H,1H3. The molecule has 0 amide bonds. The van der Waals surface area contributed by atoms with Gasteiger partial charge in [-0.2, -0.15) is 0 Å². The molecule has 0 aliphatic heterocycles. The van der Waals surface area contributed by atoms with E-state index in [2.05, 4.69) is 13.0 Å². The first-order valence-electron chi connectivity index (χ1n) is 2.94. The molecule has 0 aromatic carbocycles. The maximum absolute atomic E-state index is 9.06. The summed E-state index contributed by atoms with van der Waals surface area (Å²) in [6, 6.07) is 3.92. The Morgan fingerprint density at radius 2 is 1.90 bits per heavy atom. The van der Waals surface area contributed by atoms with Crippen LogP contribution in [0.2, 0.25) is 0 Å². The lowest BCUT2D eigenvalue weighted by Crippen LogP contribution is -1.46. The number of aryl methyl sites for hydroxylation is 1. The molecule has 0 aliphatic carbocycles. The lowest BCUT2D eigenvalue weighted by Gasteiger charge is -1.74. The maximum Gasteiger partial charge on any atom is 0.173 e. The van der Waals surface area contributed by atoms with Gasteiger partial charge in [-0.15, -0.1) is 11.3 Å². The molecule has 0 fully saturated rings. The van der Waals surface area contributed by atoms with Gasteiger partial charge >= 0.3 is 0 Å². The highest BCUT2D eigenvalue weighted by atomic mass is 32.1. The monoisotopic (exact) mass is 170 g/mol. The smallest absolute Gasteiger partial charge is 0.173 e. The van der Waals surface area contributed by atoms with Crippen molar-refractivity contribution in [1.29, 1.82) is 0 Å². The van der Waals surface area contributed by atoms with Gasteiger partial charge in [0.1, 0.15) is 0 Å². The van der Waals surface area contributed by atoms with E-state index in [-0.39, 0.29) is 0 Å². The Labute approximate surface area is 66.6 Å². The molecule has 2 heterocycles. The fraction of sp³-hybridized carbons (Fsp3) is 0.143. The summed E-state index contributed by atoms with van der Waals surface area (Å²) < 4.78 is 2.39. The zero-order valence-electron chi connectivity index (χ0n) is 5.42. The van der Waals surface area contributed by atoms with Crippen molar-refractivity contribution in [2.75, 3.05) is 0 Å². The van der Waals surface area contributed by atoms with Gasteiger partial charge in [0, 0.05) is 20.3 Å². The van der Waals surface area contributed by atoms with Crippen molar-refractivity contribution in [3.63, 3.8) is 0 Å². The molecule has 2 aromatic rings. The van der Waals surface area contributed by atoms with Crippen LogP contribution in [-0.2, 0) is 0 Å². The van der Waals surface area contributed by atoms with Crippen LogP contribution in [0.25, 0.3) is 9.40 Å². The van der Waals surface area contributed by atoms with Crippen molar-refractivity contribution in [1.82, 2.24) is 0 Å². The van der Waals surface area contributed by atoms with Gasteiger partial charge in [-0.25, -0.2) is 0 Å². The SMILES string of the molecule is Cc1cc2sc(O)cc2s1. The molecule has 10 heavy (non-hydrogen) atoms. The largest absolute Gasteiger partial charge is 0.499 e. The quantitative estimate of drug-likeness (QED) is 0.644. The summed E-state index contributed by atoms with van der Waals surface area (Å²) in [6.07, 6.45) is 0. The summed E-state index contributed by atoms with van der Waals surface area (Å²) in [5, 5.41) is 9.48. The molecule has 0 saturated carbocycles. The highest BCUT2D eigenvalue weighted by Gasteiger charge is 2.01. The molecule has 0 radical (unpaired) electrons. The van der Waals surface area contributed by atoms with Gasteiger partial charge in [-0.3, -0.25) is 0 Å². The zero-order valence-corrected chi connectivity index (χ0v) is 7.05. The van der Waals surface area contributed by atoms with Gasteiger partial charge in [0.2, 0.25) is 0 Å². The van der Waals surface area contributed by atoms with Crippen LogP contribution < -0.4 is 0 Å². The van der Waals surface area contributed by atoms with E-state index in [0.29, 0.717) is 5.06 Å². The first kappa shape index (κ1) is 6.19. The lowest BCUT2D eigenvalue weighted by atomic mass is 10.5. The molecular weight excluding hydrogens is 164 g/mol. The second kappa shape index (κ2) is 1.97. The minimum absolute atomic E-state index is 0.418. The van der Waals surface area contributed by atoms with E-state index in [4.69, 9.17) is 5.11 Å². The van der Waals surface area contributed by atoms with E-state index in [0.717, 1.165) is 0 Å². The molecule has 2 rings (SSSR count). The van der Waals surface area contributed by atoms with Crippen LogP contribution in [-0.4, -0.2) is 5.11 Å². The normalized spacial score (nSPS) is 10.9. The minimum atomic E-state index is 0.418. The highest BCUT2D eigenvalue weighted by Crippen LogP contribution is 2.35. The van der Waals surface area contributed by atoms with Crippen molar-refractivity contribution < 1.29 is 5.11 Å². The van der Waals surface area contributed by atoms with Crippen LogP contribution in [0.4, 0.5) is 0 Å². The van der Waals surface area contributed by atoms with Crippen LogP contribution >= 0.6 is 22.7 Å². The van der Waals surface area contributed by atoms with E-state index in [1.54, 1.807) is 11.3 Å². The van der Waals surface area contributed by atoms with Crippen molar-refractivity contribution in [2.24, 2.45) is 0 Å². The Hall–Kier alpha value is -0.540. The number of aromatic hydroxyl groups is 1. The second-order valence-corrected chi connectivity index (χ2v) is 4.52. The molecule has 0 bridgehead atoms. The predicted octanol–water partition coefficient (Wildman–Crippen LogP) is 2.98. The zero-order chi connectivity index (χ0) is 7.14. The summed E-state index contributed by atoms with van der Waals surface area (Å²) in [4.78, 5) is 1.31. The highest BCUT2D eigenvalue weighted by molar-refractivity contribution is 7.28. The Morgan fingerprint density at radius 3 is 2.60 bits per heavy atom. The van der Waals surface area contributed by atoms with E-state index in [1.807, 2.05) is 6.07 Å². The topological polar surface area (TPSA) is 20.2 Å². The molecule has 0 atom stereocenters. The Morgan fingerprint density at radius 1 is 1.20 bits per heavy atom. The summed E-state index contributed by atoms with van der Waals surface area (Å²) in [6.45, 7) is 2.08. The Balaban J connectivity index is 2.83. The third kappa shape index (κ3) is 0.822. The maximum atomic E-state index is 9.06. The summed E-state index contributed by atoms with van der Waals surface area (Å²) in [7, 11) is 0. The van der Waals surface area contributed by atoms with E-state index < -0.39 is 0 Å². The summed E-state index contributed by atoms with van der Waals surface area (Å²) >= 11 is 3.16. The number of hydrogen-bond acceptors (Lipinski definition) is 3. The van der Waals surface area contributed by atoms with Crippen molar-refractivity contribution in [3.8, 4) is 5.06 Å². The van der Waals surface area contributed by atoms with Gasteiger partial charge in [0.25, 0.3) is 0 Å². The average Bonchev–Trinajstić information content (AvgIpc) is 2.21. The lowest BCUT2D eigenvalue weighted by molar-refractivity contribution is 0.491. The van der Waals surface area contributed by atoms with E-state index in [9.17, 15) is 0 Å². The second-order valence-electron chi connectivity index (χ2n) is 2.17. The molecule has 2 aromatic heterocycles. The van der Waals surface area contributed by atoms with Crippen LogP contribution in [0.3, 0.4) is 0 Å². The van der Waals surface area contributed by atoms with Crippen molar-refractivity contribution in [3.05, 3.63) is 17.0 Å². The van der Waals surface area contributed by atoms with Crippen LogP contribution in [0, 0.1) is 6.92 Å². The van der Waals surface area contributed by atoms with Crippen LogP contribution in [0.15, 0.2) is 12.1 Å². The molecule has 52 valence electrons. The molecule has 1 N–H and O–H groups in total. The van der Waals surface area contributed by atoms with E-state index >= 15 is 0 Å². The number of hydrogen-bond donors (Lipinski definition) is 1. The molecule has 3 heteroatoms. The molecule has 0 spiro atoms. The Bertz CT molecular complexity index is 295. The number of fused-ring (bicyclic) bond motifs is 1. The van der Waals surface area contributed by atoms with Gasteiger partial charge < -0.3 is 5.11 Å². The third-order valence-electron chi connectivity index (χ3n) is 1.32. The third-order valence-corrected chi connectivity index (χ3v) is 3.33. The summed E-state index contributed by atoms with van der Waals surface area (Å²) in [5.41, 5.74) is 0. The van der Waals surface area contributed by atoms with Gasteiger partial charge in [0.15, 0.2) is 5.06 Å². The first-order chi connectivity index (χ1) is 4.75. The molecule has 0 saturated heterocycles. The Kier molecular flexibility index (Phi) is 1.22. The van der Waals surface area contributed by atoms with Crippen LogP contribution in [0.1, 0.15) is 4.88 Å². The summed E-state index contributed by atoms with van der Waals surface area (Å²) in [5.74, 6) is 0. The van der Waals surface area contributed by atoms with Gasteiger partial charge in [-0.05, 0) is 13.0 Å². The van der Waals surface area contributed by atoms with Gasteiger partial charge in [0.05, 0.1) is 0 Å². The molecule has 1 nitrogen and oxygen atoms in total. The van der Waals surface area contributed by atoms with E-state index in [1.165, 1.54) is 25.6 Å². The minimum Gasteiger partial charge on any atom is -0.499 e.